The van der Waals surface area contributed by atoms with Gasteiger partial charge in [-0.05, 0) is 78.3 Å². The minimum Gasteiger partial charge on any atom is -0.456 e. The molecule has 3 aromatic rings. The summed E-state index contributed by atoms with van der Waals surface area (Å²) in [7, 11) is 0. The first-order valence-corrected chi connectivity index (χ1v) is 16.3. The number of esters is 3. The van der Waals surface area contributed by atoms with Gasteiger partial charge in [0.1, 0.15) is 11.6 Å². The van der Waals surface area contributed by atoms with E-state index >= 15 is 4.39 Å². The molecule has 49 heavy (non-hydrogen) atoms. The Hall–Kier alpha value is -4.36. The molecule has 0 aliphatic carbocycles. The second kappa shape index (κ2) is 14.2. The lowest BCUT2D eigenvalue weighted by Gasteiger charge is -2.41. The number of hydrogen-bond acceptors (Lipinski definition) is 9. The van der Waals surface area contributed by atoms with Crippen LogP contribution in [0.15, 0.2) is 42.5 Å². The van der Waals surface area contributed by atoms with Crippen LogP contribution >= 0.6 is 0 Å². The molecule has 1 amide bonds. The summed E-state index contributed by atoms with van der Waals surface area (Å²) in [5.41, 5.74) is 8.05. The summed E-state index contributed by atoms with van der Waals surface area (Å²) < 4.78 is 54.1. The number of nitrogens with two attached hydrogens (primary N) is 1. The SMILES string of the molecule is CC(=O)O[C@@H]1[C@@H](OC(C)=O)[C@H](OC(C)=O)CO[C@H]1n1c(-c2ccc(F)cc2)c(CC2CCCN2C(=O)C(N)C(C)(C)C)c2ccc(F)cc21. The van der Waals surface area contributed by atoms with Gasteiger partial charge in [-0.25, -0.2) is 8.78 Å². The van der Waals surface area contributed by atoms with Crippen LogP contribution in [0.4, 0.5) is 8.78 Å². The highest BCUT2D eigenvalue weighted by Crippen LogP contribution is 2.43. The zero-order valence-corrected chi connectivity index (χ0v) is 28.5. The molecule has 5 rings (SSSR count). The van der Waals surface area contributed by atoms with E-state index in [-0.39, 0.29) is 18.6 Å². The molecule has 0 radical (unpaired) electrons. The standard InChI is InChI=1S/C36H43F2N3O8/c1-19(42)47-29-18-46-35(32(49-21(3)44)31(29)48-20(2)43)41-28-16-24(38)13-14-26(28)27(30(41)22-9-11-23(37)12-10-22)17-25-8-7-15-40(25)34(45)33(39)36(4,5)6/h9-14,16,25,29,31-33,35H,7-8,15,17-18,39H2,1-6H3/t25?,29-,31+,32-,33?,35-/m1/s1. The summed E-state index contributed by atoms with van der Waals surface area (Å²) in [6, 6.07) is 8.99. The predicted molar refractivity (Wildman–Crippen MR) is 175 cm³/mol. The minimum absolute atomic E-state index is 0.167. The third kappa shape index (κ3) is 7.62. The van der Waals surface area contributed by atoms with Crippen LogP contribution < -0.4 is 5.73 Å². The van der Waals surface area contributed by atoms with Gasteiger partial charge in [-0.2, -0.15) is 0 Å². The number of carbonyl (C=O) groups is 4. The first-order valence-electron chi connectivity index (χ1n) is 16.3. The maximum absolute atomic E-state index is 15.1. The summed E-state index contributed by atoms with van der Waals surface area (Å²) in [6.07, 6.45) is -3.23. The first-order chi connectivity index (χ1) is 23.1. The van der Waals surface area contributed by atoms with E-state index < -0.39 is 65.5 Å². The monoisotopic (exact) mass is 683 g/mol. The fourth-order valence-electron chi connectivity index (χ4n) is 6.81. The van der Waals surface area contributed by atoms with Crippen molar-refractivity contribution in [2.45, 2.75) is 97.4 Å². The number of carbonyl (C=O) groups excluding carboxylic acids is 4. The van der Waals surface area contributed by atoms with E-state index in [0.717, 1.165) is 6.42 Å². The summed E-state index contributed by atoms with van der Waals surface area (Å²) in [6.45, 7) is 9.52. The maximum atomic E-state index is 15.1. The third-order valence-electron chi connectivity index (χ3n) is 9.07. The molecule has 6 atom stereocenters. The van der Waals surface area contributed by atoms with Crippen molar-refractivity contribution >= 4 is 34.7 Å². The molecule has 2 aliphatic heterocycles. The summed E-state index contributed by atoms with van der Waals surface area (Å²) in [4.78, 5) is 52.3. The average Bonchev–Trinajstić information content (AvgIpc) is 3.60. The van der Waals surface area contributed by atoms with Crippen LogP contribution in [0.3, 0.4) is 0 Å². The average molecular weight is 684 g/mol. The van der Waals surface area contributed by atoms with Gasteiger partial charge in [-0.3, -0.25) is 19.2 Å². The van der Waals surface area contributed by atoms with E-state index in [0.29, 0.717) is 47.1 Å². The number of nitrogens with zero attached hydrogens (tertiary/aromatic N) is 2. The molecule has 2 saturated heterocycles. The summed E-state index contributed by atoms with van der Waals surface area (Å²) >= 11 is 0. The topological polar surface area (TPSA) is 139 Å². The van der Waals surface area contributed by atoms with Gasteiger partial charge in [0.2, 0.25) is 5.91 Å². The Morgan fingerprint density at radius 3 is 2.14 bits per heavy atom. The molecular weight excluding hydrogens is 640 g/mol. The van der Waals surface area contributed by atoms with E-state index in [4.69, 9.17) is 24.7 Å². The van der Waals surface area contributed by atoms with Crippen LogP contribution in [0, 0.1) is 17.0 Å². The van der Waals surface area contributed by atoms with Crippen LogP contribution in [0.2, 0.25) is 0 Å². The highest BCUT2D eigenvalue weighted by molar-refractivity contribution is 5.92. The van der Waals surface area contributed by atoms with Gasteiger partial charge in [0.25, 0.3) is 0 Å². The van der Waals surface area contributed by atoms with E-state index in [1.807, 2.05) is 20.8 Å². The quantitative estimate of drug-likeness (QED) is 0.262. The van der Waals surface area contributed by atoms with Crippen molar-refractivity contribution in [3.05, 3.63) is 59.7 Å². The second-order valence-corrected chi connectivity index (χ2v) is 13.8. The Labute approximate surface area is 283 Å². The number of amides is 1. The fourth-order valence-corrected chi connectivity index (χ4v) is 6.81. The third-order valence-corrected chi connectivity index (χ3v) is 9.07. The number of rotatable bonds is 8. The zero-order valence-electron chi connectivity index (χ0n) is 28.5. The maximum Gasteiger partial charge on any atom is 0.303 e. The van der Waals surface area contributed by atoms with Crippen molar-refractivity contribution in [1.29, 1.82) is 0 Å². The zero-order chi connectivity index (χ0) is 35.8. The minimum atomic E-state index is -1.36. The van der Waals surface area contributed by atoms with Gasteiger partial charge in [0.15, 0.2) is 24.5 Å². The molecule has 2 unspecified atom stereocenters. The smallest absolute Gasteiger partial charge is 0.303 e. The number of hydrogen-bond donors (Lipinski definition) is 1. The largest absolute Gasteiger partial charge is 0.456 e. The Morgan fingerprint density at radius 2 is 1.53 bits per heavy atom. The van der Waals surface area contributed by atoms with Gasteiger partial charge in [-0.15, -0.1) is 0 Å². The van der Waals surface area contributed by atoms with Gasteiger partial charge in [-0.1, -0.05) is 20.8 Å². The number of likely N-dealkylation sites (tertiary alicyclic amines) is 1. The van der Waals surface area contributed by atoms with E-state index in [2.05, 4.69) is 0 Å². The Bertz CT molecular complexity index is 1730. The number of fused-ring (bicyclic) bond motifs is 1. The molecular formula is C36H43F2N3O8. The van der Waals surface area contributed by atoms with Gasteiger partial charge >= 0.3 is 17.9 Å². The fraction of sp³-hybridized carbons (Fsp3) is 0.500. The van der Waals surface area contributed by atoms with Crippen LogP contribution in [-0.2, 0) is 44.5 Å². The highest BCUT2D eigenvalue weighted by Gasteiger charge is 2.49. The number of halogens is 2. The lowest BCUT2D eigenvalue weighted by atomic mass is 9.86. The lowest BCUT2D eigenvalue weighted by molar-refractivity contribution is -0.238. The van der Waals surface area contributed by atoms with Crippen LogP contribution in [0.5, 0.6) is 0 Å². The van der Waals surface area contributed by atoms with Crippen molar-refractivity contribution < 1.29 is 46.9 Å². The molecule has 264 valence electrons. The highest BCUT2D eigenvalue weighted by atomic mass is 19.1. The molecule has 3 heterocycles. The normalized spacial score (nSPS) is 23.3. The van der Waals surface area contributed by atoms with E-state index in [9.17, 15) is 23.6 Å². The lowest BCUT2D eigenvalue weighted by Crippen LogP contribution is -2.55. The molecule has 0 bridgehead atoms. The van der Waals surface area contributed by atoms with Crippen LogP contribution in [0.1, 0.15) is 66.2 Å². The summed E-state index contributed by atoms with van der Waals surface area (Å²) in [5.74, 6) is -3.34. The Morgan fingerprint density at radius 1 is 0.918 bits per heavy atom. The van der Waals surface area contributed by atoms with Crippen LogP contribution in [0.25, 0.3) is 22.2 Å². The molecule has 2 aromatic carbocycles. The molecule has 0 saturated carbocycles. The summed E-state index contributed by atoms with van der Waals surface area (Å²) in [5, 5.41) is 0.622. The number of ether oxygens (including phenoxy) is 4. The molecule has 2 N–H and O–H groups in total. The van der Waals surface area contributed by atoms with Gasteiger partial charge < -0.3 is 34.1 Å². The first kappa shape index (κ1) is 35.9. The molecule has 2 fully saturated rings. The van der Waals surface area contributed by atoms with Crippen molar-refractivity contribution in [2.75, 3.05) is 13.2 Å². The Balaban J connectivity index is 1.72. The van der Waals surface area contributed by atoms with Crippen molar-refractivity contribution in [3.8, 4) is 11.3 Å². The Kier molecular flexibility index (Phi) is 10.4. The van der Waals surface area contributed by atoms with Gasteiger partial charge in [0, 0.05) is 38.7 Å². The molecule has 2 aliphatic rings. The molecule has 1 aromatic heterocycles. The number of aromatic nitrogens is 1. The van der Waals surface area contributed by atoms with Crippen molar-refractivity contribution in [1.82, 2.24) is 9.47 Å². The van der Waals surface area contributed by atoms with Crippen molar-refractivity contribution in [2.24, 2.45) is 11.1 Å². The van der Waals surface area contributed by atoms with Gasteiger partial charge in [0.05, 0.1) is 23.9 Å². The van der Waals surface area contributed by atoms with E-state index in [1.54, 1.807) is 27.7 Å². The predicted octanol–water partition coefficient (Wildman–Crippen LogP) is 4.82. The molecule has 13 heteroatoms. The molecule has 0 spiro atoms. The molecule has 11 nitrogen and oxygen atoms in total. The van der Waals surface area contributed by atoms with E-state index in [1.165, 1.54) is 45.0 Å². The van der Waals surface area contributed by atoms with Crippen LogP contribution in [-0.4, -0.2) is 76.8 Å². The number of benzene rings is 2. The second-order valence-electron chi connectivity index (χ2n) is 13.8. The van der Waals surface area contributed by atoms with Crippen molar-refractivity contribution in [3.63, 3.8) is 0 Å².